The molecule has 3 rings (SSSR count). The second-order valence-electron chi connectivity index (χ2n) is 6.78. The molecule has 0 heterocycles. The van der Waals surface area contributed by atoms with Gasteiger partial charge < -0.3 is 10.1 Å². The Balaban J connectivity index is 1.90. The highest BCUT2D eigenvalue weighted by atomic mass is 35.5. The van der Waals surface area contributed by atoms with Crippen molar-refractivity contribution < 1.29 is 18.5 Å². The number of amides is 1. The van der Waals surface area contributed by atoms with Crippen molar-refractivity contribution in [3.05, 3.63) is 94.5 Å². The quantitative estimate of drug-likeness (QED) is 0.490. The highest BCUT2D eigenvalue weighted by Crippen LogP contribution is 2.25. The van der Waals surface area contributed by atoms with Crippen LogP contribution in [0.1, 0.15) is 34.5 Å². The molecule has 0 spiro atoms. The number of carbonyl (C=O) groups is 2. The van der Waals surface area contributed by atoms with Crippen molar-refractivity contribution in [3.63, 3.8) is 0 Å². The van der Waals surface area contributed by atoms with Crippen molar-refractivity contribution >= 4 is 40.0 Å². The summed E-state index contributed by atoms with van der Waals surface area (Å²) in [5.41, 5.74) is 2.06. The minimum Gasteiger partial charge on any atom is -0.444 e. The Hall–Kier alpha value is -2.96. The molecule has 0 aliphatic rings. The summed E-state index contributed by atoms with van der Waals surface area (Å²) in [6.07, 6.45) is -1.20. The van der Waals surface area contributed by atoms with Gasteiger partial charge in [0.05, 0.1) is 21.3 Å². The molecule has 3 aromatic carbocycles. The van der Waals surface area contributed by atoms with E-state index in [1.54, 1.807) is 79.7 Å². The van der Waals surface area contributed by atoms with Gasteiger partial charge in [0, 0.05) is 22.0 Å². The number of rotatable bonds is 7. The van der Waals surface area contributed by atoms with E-state index in [1.165, 1.54) is 0 Å². The SMILES string of the molecule is CC[S@@](=O)c1ccccc1C(=O)O[C@H](C(=O)Nc1ccc(C)c(Cl)c1)c1ccccc1. The molecule has 3 aromatic rings. The normalized spacial score (nSPS) is 12.6. The van der Waals surface area contributed by atoms with Crippen LogP contribution in [0.4, 0.5) is 5.69 Å². The maximum absolute atomic E-state index is 13.1. The fourth-order valence-corrected chi connectivity index (χ4v) is 4.06. The lowest BCUT2D eigenvalue weighted by Gasteiger charge is -2.19. The van der Waals surface area contributed by atoms with Crippen LogP contribution in [0.25, 0.3) is 0 Å². The van der Waals surface area contributed by atoms with E-state index in [-0.39, 0.29) is 5.56 Å². The van der Waals surface area contributed by atoms with Crippen LogP contribution in [-0.2, 0) is 20.3 Å². The molecule has 1 N–H and O–H groups in total. The monoisotopic (exact) mass is 455 g/mol. The Morgan fingerprint density at radius 3 is 2.39 bits per heavy atom. The molecule has 31 heavy (non-hydrogen) atoms. The van der Waals surface area contributed by atoms with Crippen molar-refractivity contribution in [2.45, 2.75) is 24.8 Å². The van der Waals surface area contributed by atoms with E-state index in [0.717, 1.165) is 5.56 Å². The predicted octanol–water partition coefficient (Wildman–Crippen LogP) is 5.31. The predicted molar refractivity (Wildman–Crippen MR) is 123 cm³/mol. The second-order valence-corrected chi connectivity index (χ2v) is 8.90. The molecule has 0 fully saturated rings. The van der Waals surface area contributed by atoms with Gasteiger partial charge in [-0.05, 0) is 36.8 Å². The number of hydrogen-bond donors (Lipinski definition) is 1. The van der Waals surface area contributed by atoms with Crippen LogP contribution in [0.3, 0.4) is 0 Å². The van der Waals surface area contributed by atoms with Gasteiger partial charge >= 0.3 is 5.97 Å². The summed E-state index contributed by atoms with van der Waals surface area (Å²) in [4.78, 5) is 26.4. The minimum atomic E-state index is -1.34. The van der Waals surface area contributed by atoms with Crippen LogP contribution < -0.4 is 5.32 Å². The topological polar surface area (TPSA) is 72.5 Å². The third-order valence-corrected chi connectivity index (χ3v) is 6.40. The molecule has 2 atom stereocenters. The highest BCUT2D eigenvalue weighted by molar-refractivity contribution is 7.85. The van der Waals surface area contributed by atoms with Gasteiger partial charge in [-0.1, -0.05) is 67.1 Å². The van der Waals surface area contributed by atoms with Crippen LogP contribution in [0, 0.1) is 6.92 Å². The first-order chi connectivity index (χ1) is 14.9. The standard InChI is InChI=1S/C24H22ClNO4S/c1-3-31(29)21-12-8-7-11-19(21)24(28)30-22(17-9-5-4-6-10-17)23(27)26-18-14-13-16(2)20(25)15-18/h4-15,22H,3H2,1-2H3,(H,26,27)/t22-,31+/m0/s1. The van der Waals surface area contributed by atoms with Gasteiger partial charge in [0.2, 0.25) is 6.10 Å². The van der Waals surface area contributed by atoms with Crippen molar-refractivity contribution in [2.75, 3.05) is 11.1 Å². The number of aryl methyl sites for hydroxylation is 1. The average molecular weight is 456 g/mol. The molecule has 0 aliphatic carbocycles. The maximum Gasteiger partial charge on any atom is 0.340 e. The Morgan fingerprint density at radius 2 is 1.71 bits per heavy atom. The number of hydrogen-bond acceptors (Lipinski definition) is 4. The average Bonchev–Trinajstić information content (AvgIpc) is 2.79. The van der Waals surface area contributed by atoms with E-state index < -0.39 is 28.8 Å². The zero-order chi connectivity index (χ0) is 22.4. The van der Waals surface area contributed by atoms with Crippen molar-refractivity contribution in [3.8, 4) is 0 Å². The number of ether oxygens (including phenoxy) is 1. The first-order valence-corrected chi connectivity index (χ1v) is 11.4. The molecule has 0 radical (unpaired) electrons. The summed E-state index contributed by atoms with van der Waals surface area (Å²) in [6, 6.07) is 20.4. The Labute approximate surface area is 188 Å². The number of esters is 1. The number of carbonyl (C=O) groups excluding carboxylic acids is 2. The molecule has 0 aromatic heterocycles. The molecule has 5 nitrogen and oxygen atoms in total. The van der Waals surface area contributed by atoms with E-state index in [0.29, 0.717) is 26.9 Å². The largest absolute Gasteiger partial charge is 0.444 e. The number of benzene rings is 3. The first kappa shape index (κ1) is 22.7. The summed E-state index contributed by atoms with van der Waals surface area (Å²) in [5, 5.41) is 3.27. The summed E-state index contributed by atoms with van der Waals surface area (Å²) in [6.45, 7) is 3.63. The zero-order valence-electron chi connectivity index (χ0n) is 17.1. The molecular formula is C24H22ClNO4S. The molecule has 0 unspecified atom stereocenters. The van der Waals surface area contributed by atoms with E-state index in [1.807, 2.05) is 6.92 Å². The Morgan fingerprint density at radius 1 is 1.03 bits per heavy atom. The lowest BCUT2D eigenvalue weighted by atomic mass is 10.1. The van der Waals surface area contributed by atoms with E-state index in [9.17, 15) is 13.8 Å². The Bertz CT molecular complexity index is 1120. The van der Waals surface area contributed by atoms with Gasteiger partial charge in [0.15, 0.2) is 0 Å². The summed E-state index contributed by atoms with van der Waals surface area (Å²) in [5.74, 6) is -0.877. The van der Waals surface area contributed by atoms with Crippen molar-refractivity contribution in [1.82, 2.24) is 0 Å². The van der Waals surface area contributed by atoms with Crippen LogP contribution in [0.5, 0.6) is 0 Å². The van der Waals surface area contributed by atoms with Gasteiger partial charge in [-0.15, -0.1) is 0 Å². The van der Waals surface area contributed by atoms with Crippen LogP contribution in [0.2, 0.25) is 5.02 Å². The smallest absolute Gasteiger partial charge is 0.340 e. The van der Waals surface area contributed by atoms with Gasteiger partial charge in [0.1, 0.15) is 0 Å². The maximum atomic E-state index is 13.1. The molecule has 0 aliphatic heterocycles. The van der Waals surface area contributed by atoms with Gasteiger partial charge in [-0.25, -0.2) is 4.79 Å². The van der Waals surface area contributed by atoms with Crippen LogP contribution in [-0.4, -0.2) is 21.8 Å². The highest BCUT2D eigenvalue weighted by Gasteiger charge is 2.27. The minimum absolute atomic E-state index is 0.176. The summed E-state index contributed by atoms with van der Waals surface area (Å²) in [7, 11) is -1.34. The van der Waals surface area contributed by atoms with E-state index in [4.69, 9.17) is 16.3 Å². The second kappa shape index (κ2) is 10.4. The molecular weight excluding hydrogens is 434 g/mol. The summed E-state index contributed by atoms with van der Waals surface area (Å²) < 4.78 is 18.0. The molecule has 0 saturated carbocycles. The molecule has 7 heteroatoms. The lowest BCUT2D eigenvalue weighted by Crippen LogP contribution is -2.26. The lowest BCUT2D eigenvalue weighted by molar-refractivity contribution is -0.125. The first-order valence-electron chi connectivity index (χ1n) is 9.71. The van der Waals surface area contributed by atoms with Gasteiger partial charge in [-0.2, -0.15) is 0 Å². The van der Waals surface area contributed by atoms with Gasteiger partial charge in [0.25, 0.3) is 5.91 Å². The van der Waals surface area contributed by atoms with E-state index in [2.05, 4.69) is 5.32 Å². The summed E-state index contributed by atoms with van der Waals surface area (Å²) >= 11 is 6.15. The third-order valence-electron chi connectivity index (χ3n) is 4.62. The number of halogens is 1. The molecule has 160 valence electrons. The molecule has 1 amide bonds. The number of nitrogens with one attached hydrogen (secondary N) is 1. The van der Waals surface area contributed by atoms with Crippen LogP contribution in [0.15, 0.2) is 77.7 Å². The molecule has 0 bridgehead atoms. The Kier molecular flexibility index (Phi) is 7.60. The van der Waals surface area contributed by atoms with Crippen molar-refractivity contribution in [1.29, 1.82) is 0 Å². The van der Waals surface area contributed by atoms with Crippen molar-refractivity contribution in [2.24, 2.45) is 0 Å². The van der Waals surface area contributed by atoms with Gasteiger partial charge in [-0.3, -0.25) is 9.00 Å². The number of anilines is 1. The van der Waals surface area contributed by atoms with Crippen LogP contribution >= 0.6 is 11.6 Å². The zero-order valence-corrected chi connectivity index (χ0v) is 18.7. The fraction of sp³-hybridized carbons (Fsp3) is 0.167. The third kappa shape index (κ3) is 5.60. The van der Waals surface area contributed by atoms with E-state index >= 15 is 0 Å². The fourth-order valence-electron chi connectivity index (χ4n) is 2.94. The molecule has 0 saturated heterocycles.